The van der Waals surface area contributed by atoms with Crippen LogP contribution in [0.3, 0.4) is 0 Å². The molecule has 0 fully saturated rings. The third-order valence-electron chi connectivity index (χ3n) is 2.11. The van der Waals surface area contributed by atoms with Crippen LogP contribution in [0.1, 0.15) is 17.4 Å². The molecule has 1 unspecified atom stereocenters. The summed E-state index contributed by atoms with van der Waals surface area (Å²) >= 11 is 1.67. The SMILES string of the molecule is CSCC(C)N(C)C(=O)c1nonc1N. The lowest BCUT2D eigenvalue weighted by Gasteiger charge is -2.23. The maximum Gasteiger partial charge on any atom is 0.280 e. The lowest BCUT2D eigenvalue weighted by molar-refractivity contribution is 0.0747. The van der Waals surface area contributed by atoms with Gasteiger partial charge in [-0.3, -0.25) is 4.79 Å². The molecule has 1 rings (SSSR count). The molecule has 0 saturated heterocycles. The van der Waals surface area contributed by atoms with Crippen LogP contribution in [-0.4, -0.2) is 46.2 Å². The number of hydrogen-bond donors (Lipinski definition) is 1. The van der Waals surface area contributed by atoms with Gasteiger partial charge in [0.05, 0.1) is 0 Å². The van der Waals surface area contributed by atoms with E-state index in [0.29, 0.717) is 0 Å². The zero-order valence-electron chi connectivity index (χ0n) is 8.93. The van der Waals surface area contributed by atoms with Crippen molar-refractivity contribution >= 4 is 23.5 Å². The summed E-state index contributed by atoms with van der Waals surface area (Å²) in [7, 11) is 1.71. The number of amides is 1. The molecule has 0 saturated carbocycles. The summed E-state index contributed by atoms with van der Waals surface area (Å²) in [6, 6.07) is 0.114. The van der Waals surface area contributed by atoms with E-state index >= 15 is 0 Å². The molecule has 0 radical (unpaired) electrons. The molecule has 15 heavy (non-hydrogen) atoms. The number of carbonyl (C=O) groups is 1. The predicted molar refractivity (Wildman–Crippen MR) is 58.6 cm³/mol. The van der Waals surface area contributed by atoms with E-state index in [4.69, 9.17) is 5.73 Å². The number of hydrogen-bond acceptors (Lipinski definition) is 6. The van der Waals surface area contributed by atoms with E-state index in [9.17, 15) is 4.79 Å². The molecule has 0 aliphatic heterocycles. The molecule has 0 aliphatic rings. The van der Waals surface area contributed by atoms with Crippen molar-refractivity contribution in [2.45, 2.75) is 13.0 Å². The third kappa shape index (κ3) is 2.62. The lowest BCUT2D eigenvalue weighted by atomic mass is 10.3. The van der Waals surface area contributed by atoms with Crippen molar-refractivity contribution in [1.29, 1.82) is 0 Å². The Labute approximate surface area is 92.1 Å². The Morgan fingerprint density at radius 2 is 2.33 bits per heavy atom. The van der Waals surface area contributed by atoms with Crippen molar-refractivity contribution in [2.24, 2.45) is 0 Å². The summed E-state index contributed by atoms with van der Waals surface area (Å²) in [6.45, 7) is 1.96. The zero-order chi connectivity index (χ0) is 11.4. The Balaban J connectivity index is 2.73. The molecule has 1 aromatic heterocycles. The smallest absolute Gasteiger partial charge is 0.280 e. The first-order valence-electron chi connectivity index (χ1n) is 4.42. The maximum atomic E-state index is 11.8. The Morgan fingerprint density at radius 3 is 2.80 bits per heavy atom. The van der Waals surface area contributed by atoms with Gasteiger partial charge in [-0.05, 0) is 23.5 Å². The molecule has 1 atom stereocenters. The van der Waals surface area contributed by atoms with Crippen molar-refractivity contribution in [1.82, 2.24) is 15.2 Å². The van der Waals surface area contributed by atoms with Crippen LogP contribution in [0.4, 0.5) is 5.82 Å². The van der Waals surface area contributed by atoms with Crippen LogP contribution in [0.15, 0.2) is 4.63 Å². The number of aromatic nitrogens is 2. The minimum Gasteiger partial charge on any atom is -0.379 e. The van der Waals surface area contributed by atoms with Gasteiger partial charge < -0.3 is 10.6 Å². The topological polar surface area (TPSA) is 85.2 Å². The van der Waals surface area contributed by atoms with Crippen LogP contribution in [0.2, 0.25) is 0 Å². The highest BCUT2D eigenvalue weighted by molar-refractivity contribution is 7.98. The second-order valence-corrected chi connectivity index (χ2v) is 4.13. The van der Waals surface area contributed by atoms with E-state index in [2.05, 4.69) is 14.9 Å². The van der Waals surface area contributed by atoms with Gasteiger partial charge in [0.2, 0.25) is 11.5 Å². The standard InChI is InChI=1S/C8H14N4O2S/c1-5(4-15-3)12(2)8(13)6-7(9)11-14-10-6/h5H,4H2,1-3H3,(H2,9,11). The van der Waals surface area contributed by atoms with E-state index in [0.717, 1.165) is 5.75 Å². The Bertz CT molecular complexity index is 341. The average Bonchev–Trinajstić information content (AvgIpc) is 2.62. The van der Waals surface area contributed by atoms with Gasteiger partial charge >= 0.3 is 0 Å². The first-order chi connectivity index (χ1) is 7.07. The van der Waals surface area contributed by atoms with Crippen LogP contribution in [-0.2, 0) is 0 Å². The van der Waals surface area contributed by atoms with Crippen LogP contribution >= 0.6 is 11.8 Å². The molecule has 2 N–H and O–H groups in total. The van der Waals surface area contributed by atoms with Gasteiger partial charge in [0.1, 0.15) is 0 Å². The van der Waals surface area contributed by atoms with E-state index in [-0.39, 0.29) is 23.5 Å². The molecule has 1 aromatic rings. The molecule has 0 aromatic carbocycles. The van der Waals surface area contributed by atoms with Gasteiger partial charge in [0.15, 0.2) is 0 Å². The van der Waals surface area contributed by atoms with Gasteiger partial charge in [0.25, 0.3) is 5.91 Å². The summed E-state index contributed by atoms with van der Waals surface area (Å²) in [6.07, 6.45) is 1.99. The molecular weight excluding hydrogens is 216 g/mol. The summed E-state index contributed by atoms with van der Waals surface area (Å²) in [4.78, 5) is 13.4. The highest BCUT2D eigenvalue weighted by atomic mass is 32.2. The minimum atomic E-state index is -0.268. The molecule has 1 amide bonds. The van der Waals surface area contributed by atoms with Crippen molar-refractivity contribution in [2.75, 3.05) is 24.8 Å². The monoisotopic (exact) mass is 230 g/mol. The largest absolute Gasteiger partial charge is 0.379 e. The molecular formula is C8H14N4O2S. The molecule has 0 aliphatic carbocycles. The fourth-order valence-corrected chi connectivity index (χ4v) is 1.77. The van der Waals surface area contributed by atoms with E-state index in [1.165, 1.54) is 0 Å². The molecule has 84 valence electrons. The summed E-state index contributed by atoms with van der Waals surface area (Å²) in [5.74, 6) is 0.617. The Morgan fingerprint density at radius 1 is 1.67 bits per heavy atom. The normalized spacial score (nSPS) is 12.5. The fourth-order valence-electron chi connectivity index (χ4n) is 1.06. The number of nitrogen functional groups attached to an aromatic ring is 1. The van der Waals surface area contributed by atoms with Crippen LogP contribution in [0.5, 0.6) is 0 Å². The van der Waals surface area contributed by atoms with Crippen LogP contribution < -0.4 is 5.73 Å². The van der Waals surface area contributed by atoms with E-state index in [1.807, 2.05) is 13.2 Å². The van der Waals surface area contributed by atoms with Crippen LogP contribution in [0, 0.1) is 0 Å². The summed E-state index contributed by atoms with van der Waals surface area (Å²) in [5.41, 5.74) is 5.51. The second kappa shape index (κ2) is 5.01. The molecule has 6 nitrogen and oxygen atoms in total. The fraction of sp³-hybridized carbons (Fsp3) is 0.625. The highest BCUT2D eigenvalue weighted by Gasteiger charge is 2.23. The van der Waals surface area contributed by atoms with Gasteiger partial charge in [0, 0.05) is 18.8 Å². The number of nitrogens with two attached hydrogens (primary N) is 1. The third-order valence-corrected chi connectivity index (χ3v) is 2.92. The van der Waals surface area contributed by atoms with Crippen molar-refractivity contribution in [3.8, 4) is 0 Å². The molecule has 7 heteroatoms. The van der Waals surface area contributed by atoms with Crippen molar-refractivity contribution in [3.05, 3.63) is 5.69 Å². The van der Waals surface area contributed by atoms with Gasteiger partial charge in [-0.25, -0.2) is 4.63 Å². The second-order valence-electron chi connectivity index (χ2n) is 3.22. The number of rotatable bonds is 4. The van der Waals surface area contributed by atoms with E-state index < -0.39 is 0 Å². The maximum absolute atomic E-state index is 11.8. The van der Waals surface area contributed by atoms with Crippen molar-refractivity contribution < 1.29 is 9.42 Å². The lowest BCUT2D eigenvalue weighted by Crippen LogP contribution is -2.37. The van der Waals surface area contributed by atoms with Gasteiger partial charge in [-0.1, -0.05) is 0 Å². The predicted octanol–water partition coefficient (Wildman–Crippen LogP) is 0.475. The molecule has 0 spiro atoms. The van der Waals surface area contributed by atoms with E-state index in [1.54, 1.807) is 23.7 Å². The number of carbonyl (C=O) groups excluding carboxylic acids is 1. The minimum absolute atomic E-state index is 0.0307. The highest BCUT2D eigenvalue weighted by Crippen LogP contribution is 2.11. The Hall–Kier alpha value is -1.24. The number of thioether (sulfide) groups is 1. The molecule has 1 heterocycles. The quantitative estimate of drug-likeness (QED) is 0.809. The Kier molecular flexibility index (Phi) is 3.96. The summed E-state index contributed by atoms with van der Waals surface area (Å²) < 4.78 is 4.38. The number of nitrogens with zero attached hydrogens (tertiary/aromatic N) is 3. The first-order valence-corrected chi connectivity index (χ1v) is 5.81. The molecule has 0 bridgehead atoms. The average molecular weight is 230 g/mol. The van der Waals surface area contributed by atoms with Gasteiger partial charge in [-0.15, -0.1) is 0 Å². The van der Waals surface area contributed by atoms with Gasteiger partial charge in [-0.2, -0.15) is 11.8 Å². The number of anilines is 1. The zero-order valence-corrected chi connectivity index (χ0v) is 9.74. The first kappa shape index (κ1) is 11.8. The summed E-state index contributed by atoms with van der Waals surface area (Å²) in [5, 5.41) is 6.83. The van der Waals surface area contributed by atoms with Crippen molar-refractivity contribution in [3.63, 3.8) is 0 Å². The van der Waals surface area contributed by atoms with Crippen LogP contribution in [0.25, 0.3) is 0 Å².